The van der Waals surface area contributed by atoms with Crippen molar-refractivity contribution in [3.63, 3.8) is 0 Å². The third kappa shape index (κ3) is 4.70. The van der Waals surface area contributed by atoms with E-state index in [9.17, 15) is 14.3 Å². The maximum atomic E-state index is 14.0. The largest absolute Gasteiger partial charge is 0.456 e. The molecule has 1 N–H and O–H groups in total. The SMILES string of the molecule is Cc1nnc(-c2cc3c(-c4cc(C(C)(C)O)ccc4Oc4c(C)cc(F)cc4C)cn(C)c(=O)c3s2)s1. The number of rotatable bonds is 5. The van der Waals surface area contributed by atoms with Crippen LogP contribution in [0.25, 0.3) is 31.1 Å². The van der Waals surface area contributed by atoms with E-state index in [1.54, 1.807) is 45.5 Å². The Kier molecular flexibility index (Phi) is 6.26. The van der Waals surface area contributed by atoms with Gasteiger partial charge in [-0.3, -0.25) is 4.79 Å². The van der Waals surface area contributed by atoms with Crippen molar-refractivity contribution in [3.05, 3.63) is 80.5 Å². The predicted molar refractivity (Wildman–Crippen MR) is 147 cm³/mol. The lowest BCUT2D eigenvalue weighted by Gasteiger charge is -2.22. The van der Waals surface area contributed by atoms with Crippen LogP contribution in [0.2, 0.25) is 0 Å². The molecule has 9 heteroatoms. The molecular formula is C28H26FN3O3S2. The molecule has 0 bridgehead atoms. The normalized spacial score (nSPS) is 11.9. The molecule has 0 atom stereocenters. The first-order chi connectivity index (χ1) is 17.4. The third-order valence-electron chi connectivity index (χ3n) is 6.21. The van der Waals surface area contributed by atoms with E-state index in [4.69, 9.17) is 4.74 Å². The molecule has 0 fully saturated rings. The zero-order valence-electron chi connectivity index (χ0n) is 21.3. The van der Waals surface area contributed by atoms with Crippen LogP contribution in [0.5, 0.6) is 11.5 Å². The number of aromatic nitrogens is 3. The molecule has 0 saturated carbocycles. The van der Waals surface area contributed by atoms with Gasteiger partial charge >= 0.3 is 0 Å². The summed E-state index contributed by atoms with van der Waals surface area (Å²) in [7, 11) is 1.72. The van der Waals surface area contributed by atoms with E-state index in [1.807, 2.05) is 31.2 Å². The lowest BCUT2D eigenvalue weighted by atomic mass is 9.93. The molecule has 5 aromatic rings. The second kappa shape index (κ2) is 9.16. The average molecular weight is 536 g/mol. The summed E-state index contributed by atoms with van der Waals surface area (Å²) < 4.78 is 22.5. The molecule has 0 aliphatic carbocycles. The van der Waals surface area contributed by atoms with Crippen LogP contribution in [0.1, 0.15) is 35.5 Å². The summed E-state index contributed by atoms with van der Waals surface area (Å²) in [6.07, 6.45) is 1.78. The van der Waals surface area contributed by atoms with Crippen molar-refractivity contribution in [2.45, 2.75) is 40.2 Å². The molecule has 3 heterocycles. The number of aryl methyl sites for hydroxylation is 4. The van der Waals surface area contributed by atoms with Gasteiger partial charge in [-0.2, -0.15) is 0 Å². The van der Waals surface area contributed by atoms with E-state index in [2.05, 4.69) is 10.2 Å². The Morgan fingerprint density at radius 2 is 1.70 bits per heavy atom. The van der Waals surface area contributed by atoms with Gasteiger partial charge in [-0.15, -0.1) is 21.5 Å². The highest BCUT2D eigenvalue weighted by Crippen LogP contribution is 2.43. The van der Waals surface area contributed by atoms with E-state index in [1.165, 1.54) is 34.8 Å². The van der Waals surface area contributed by atoms with Crippen LogP contribution < -0.4 is 10.3 Å². The molecule has 0 spiro atoms. The molecule has 6 nitrogen and oxygen atoms in total. The summed E-state index contributed by atoms with van der Waals surface area (Å²) >= 11 is 2.86. The second-order valence-electron chi connectivity index (χ2n) is 9.68. The summed E-state index contributed by atoms with van der Waals surface area (Å²) in [5.41, 5.74) is 2.32. The maximum absolute atomic E-state index is 14.0. The highest BCUT2D eigenvalue weighted by atomic mass is 32.1. The smallest absolute Gasteiger partial charge is 0.268 e. The van der Waals surface area contributed by atoms with Crippen molar-refractivity contribution < 1.29 is 14.2 Å². The van der Waals surface area contributed by atoms with Gasteiger partial charge in [0.05, 0.1) is 10.5 Å². The minimum absolute atomic E-state index is 0.109. The van der Waals surface area contributed by atoms with E-state index < -0.39 is 5.60 Å². The minimum Gasteiger partial charge on any atom is -0.456 e. The number of hydrogen-bond acceptors (Lipinski definition) is 7. The van der Waals surface area contributed by atoms with Crippen LogP contribution in [0.15, 0.2) is 47.4 Å². The molecule has 5 rings (SSSR count). The minimum atomic E-state index is -1.10. The van der Waals surface area contributed by atoms with Crippen LogP contribution in [0, 0.1) is 26.6 Å². The van der Waals surface area contributed by atoms with Gasteiger partial charge < -0.3 is 14.4 Å². The predicted octanol–water partition coefficient (Wildman–Crippen LogP) is 6.87. The lowest BCUT2D eigenvalue weighted by Crippen LogP contribution is -2.16. The molecule has 190 valence electrons. The summed E-state index contributed by atoms with van der Waals surface area (Å²) in [5.74, 6) is 0.776. The molecular weight excluding hydrogens is 509 g/mol. The van der Waals surface area contributed by atoms with Gasteiger partial charge in [-0.05, 0) is 81.6 Å². The monoisotopic (exact) mass is 535 g/mol. The number of benzene rings is 2. The van der Waals surface area contributed by atoms with Gasteiger partial charge in [-0.25, -0.2) is 4.39 Å². The molecule has 0 aliphatic heterocycles. The lowest BCUT2D eigenvalue weighted by molar-refractivity contribution is 0.0786. The fourth-order valence-electron chi connectivity index (χ4n) is 4.33. The Balaban J connectivity index is 1.77. The van der Waals surface area contributed by atoms with Gasteiger partial charge in [0.2, 0.25) is 0 Å². The number of nitrogens with zero attached hydrogens (tertiary/aromatic N) is 3. The zero-order valence-corrected chi connectivity index (χ0v) is 23.0. The van der Waals surface area contributed by atoms with Crippen molar-refractivity contribution >= 4 is 32.8 Å². The van der Waals surface area contributed by atoms with Crippen LogP contribution in [-0.4, -0.2) is 19.9 Å². The molecule has 0 amide bonds. The first-order valence-corrected chi connectivity index (χ1v) is 13.3. The van der Waals surface area contributed by atoms with Crippen molar-refractivity contribution in [1.82, 2.24) is 14.8 Å². The van der Waals surface area contributed by atoms with Crippen molar-refractivity contribution in [2.75, 3.05) is 0 Å². The van der Waals surface area contributed by atoms with Gasteiger partial charge in [0, 0.05) is 29.8 Å². The summed E-state index contributed by atoms with van der Waals surface area (Å²) in [4.78, 5) is 14.0. The Hall–Kier alpha value is -3.40. The quantitative estimate of drug-likeness (QED) is 0.266. The van der Waals surface area contributed by atoms with Crippen LogP contribution >= 0.6 is 22.7 Å². The zero-order chi connectivity index (χ0) is 26.6. The first-order valence-electron chi connectivity index (χ1n) is 11.7. The first kappa shape index (κ1) is 25.3. The second-order valence-corrected chi connectivity index (χ2v) is 11.9. The number of thiophene rings is 1. The summed E-state index contributed by atoms with van der Waals surface area (Å²) in [5, 5.41) is 21.5. The van der Waals surface area contributed by atoms with Gasteiger partial charge in [0.15, 0.2) is 5.01 Å². The highest BCUT2D eigenvalue weighted by Gasteiger charge is 2.23. The summed E-state index contributed by atoms with van der Waals surface area (Å²) in [6, 6.07) is 10.3. The Morgan fingerprint density at radius 1 is 1.00 bits per heavy atom. The van der Waals surface area contributed by atoms with Gasteiger partial charge in [0.1, 0.15) is 27.0 Å². The number of hydrogen-bond donors (Lipinski definition) is 1. The van der Waals surface area contributed by atoms with E-state index >= 15 is 0 Å². The van der Waals surface area contributed by atoms with Crippen LogP contribution in [0.4, 0.5) is 4.39 Å². The molecule has 0 unspecified atom stereocenters. The molecule has 37 heavy (non-hydrogen) atoms. The standard InChI is InChI=1S/C28H26FN3O3S2/c1-14-9-18(29)10-15(2)24(14)35-22-8-7-17(28(4,5)34)11-19(22)21-13-32(6)27(33)25-20(21)12-23(37-25)26-31-30-16(3)36-26/h7-13,34H,1-6H3. The number of ether oxygens (including phenoxy) is 1. The average Bonchev–Trinajstić information content (AvgIpc) is 3.45. The van der Waals surface area contributed by atoms with Crippen LogP contribution in [0.3, 0.4) is 0 Å². The van der Waals surface area contributed by atoms with Crippen molar-refractivity contribution in [3.8, 4) is 32.5 Å². The fraction of sp³-hybridized carbons (Fsp3) is 0.250. The highest BCUT2D eigenvalue weighted by molar-refractivity contribution is 7.25. The van der Waals surface area contributed by atoms with E-state index in [0.29, 0.717) is 38.5 Å². The Bertz CT molecular complexity index is 1700. The molecule has 3 aromatic heterocycles. The van der Waals surface area contributed by atoms with E-state index in [0.717, 1.165) is 25.8 Å². The van der Waals surface area contributed by atoms with Crippen LogP contribution in [-0.2, 0) is 12.6 Å². The number of fused-ring (bicyclic) bond motifs is 1. The Labute approximate surface area is 221 Å². The number of halogens is 1. The number of aliphatic hydroxyl groups is 1. The molecule has 2 aromatic carbocycles. The Morgan fingerprint density at radius 3 is 2.32 bits per heavy atom. The maximum Gasteiger partial charge on any atom is 0.268 e. The van der Waals surface area contributed by atoms with E-state index in [-0.39, 0.29) is 11.4 Å². The molecule has 0 saturated heterocycles. The molecule has 0 radical (unpaired) electrons. The summed E-state index contributed by atoms with van der Waals surface area (Å²) in [6.45, 7) is 8.94. The van der Waals surface area contributed by atoms with Crippen molar-refractivity contribution in [2.24, 2.45) is 7.05 Å². The number of pyridine rings is 1. The fourth-order valence-corrected chi connectivity index (χ4v) is 6.21. The molecule has 0 aliphatic rings. The van der Waals surface area contributed by atoms with Gasteiger partial charge in [0.25, 0.3) is 5.56 Å². The third-order valence-corrected chi connectivity index (χ3v) is 8.34. The van der Waals surface area contributed by atoms with Crippen molar-refractivity contribution in [1.29, 1.82) is 0 Å². The topological polar surface area (TPSA) is 77.2 Å². The van der Waals surface area contributed by atoms with Gasteiger partial charge in [-0.1, -0.05) is 17.4 Å².